The molecule has 0 aliphatic rings. The number of guanidine groups is 1. The lowest BCUT2D eigenvalue weighted by Gasteiger charge is -2.10. The molecular weight excluding hydrogens is 312 g/mol. The first-order chi connectivity index (χ1) is 11.3. The van der Waals surface area contributed by atoms with Crippen molar-refractivity contribution in [2.24, 2.45) is 4.99 Å². The molecule has 0 aliphatic carbocycles. The third-order valence-electron chi connectivity index (χ3n) is 3.07. The average Bonchev–Trinajstić information content (AvgIpc) is 3.02. The zero-order chi connectivity index (χ0) is 16.8. The summed E-state index contributed by atoms with van der Waals surface area (Å²) in [6.07, 6.45) is 2.84. The van der Waals surface area contributed by atoms with Crippen molar-refractivity contribution in [3.8, 4) is 0 Å². The second-order valence-corrected chi connectivity index (χ2v) is 5.92. The highest BCUT2D eigenvalue weighted by atomic mass is 32.1. The van der Waals surface area contributed by atoms with Gasteiger partial charge in [-0.1, -0.05) is 6.92 Å². The highest BCUT2D eigenvalue weighted by Crippen LogP contribution is 2.10. The van der Waals surface area contributed by atoms with E-state index >= 15 is 0 Å². The predicted molar refractivity (Wildman–Crippen MR) is 96.5 cm³/mol. The third kappa shape index (κ3) is 9.53. The van der Waals surface area contributed by atoms with Gasteiger partial charge in [0.25, 0.3) is 0 Å². The fraction of sp³-hybridized carbons (Fsp3) is 0.750. The molecule has 1 rings (SSSR count). The number of nitrogens with one attached hydrogen (secondary N) is 2. The fourth-order valence-corrected chi connectivity index (χ4v) is 2.66. The standard InChI is InChI=1S/C16H30N4O2S/c1-4-15-20-14(13-23-15)7-9-19-16(17-5-2)18-8-6-10-22-12-11-21-3/h13H,4-12H2,1-3H3,(H2,17,18,19). The molecule has 7 heteroatoms. The first-order valence-electron chi connectivity index (χ1n) is 8.32. The lowest BCUT2D eigenvalue weighted by atomic mass is 10.3. The van der Waals surface area contributed by atoms with Gasteiger partial charge in [-0.25, -0.2) is 4.98 Å². The first-order valence-corrected chi connectivity index (χ1v) is 9.20. The summed E-state index contributed by atoms with van der Waals surface area (Å²) in [5.74, 6) is 0.857. The number of aryl methyl sites for hydroxylation is 1. The van der Waals surface area contributed by atoms with Gasteiger partial charge in [-0.05, 0) is 19.8 Å². The van der Waals surface area contributed by atoms with Crippen molar-refractivity contribution in [1.29, 1.82) is 0 Å². The molecule has 0 fully saturated rings. The average molecular weight is 343 g/mol. The molecule has 0 saturated carbocycles. The van der Waals surface area contributed by atoms with Crippen LogP contribution in [-0.4, -0.2) is 57.5 Å². The summed E-state index contributed by atoms with van der Waals surface area (Å²) in [4.78, 5) is 9.12. The normalized spacial score (nSPS) is 11.7. The van der Waals surface area contributed by atoms with Gasteiger partial charge in [0.2, 0.25) is 0 Å². The second kappa shape index (κ2) is 13.3. The van der Waals surface area contributed by atoms with Crippen molar-refractivity contribution >= 4 is 17.3 Å². The van der Waals surface area contributed by atoms with E-state index in [0.717, 1.165) is 50.6 Å². The van der Waals surface area contributed by atoms with E-state index in [9.17, 15) is 0 Å². The van der Waals surface area contributed by atoms with Crippen molar-refractivity contribution in [1.82, 2.24) is 15.6 Å². The summed E-state index contributed by atoms with van der Waals surface area (Å²) < 4.78 is 10.4. The number of hydrogen-bond acceptors (Lipinski definition) is 5. The predicted octanol–water partition coefficient (Wildman–Crippen LogP) is 1.86. The number of thiazole rings is 1. The summed E-state index contributed by atoms with van der Waals surface area (Å²) in [5.41, 5.74) is 1.15. The zero-order valence-electron chi connectivity index (χ0n) is 14.6. The highest BCUT2D eigenvalue weighted by Gasteiger charge is 2.01. The topological polar surface area (TPSA) is 67.8 Å². The molecule has 0 radical (unpaired) electrons. The molecule has 1 aromatic heterocycles. The van der Waals surface area contributed by atoms with Gasteiger partial charge in [-0.2, -0.15) is 0 Å². The van der Waals surface area contributed by atoms with Crippen LogP contribution in [0, 0.1) is 0 Å². The SMILES string of the molecule is CCNC(=NCCCOCCOC)NCCc1csc(CC)n1. The van der Waals surface area contributed by atoms with Gasteiger partial charge in [-0.3, -0.25) is 4.99 Å². The maximum Gasteiger partial charge on any atom is 0.191 e. The fourth-order valence-electron chi connectivity index (χ4n) is 1.88. The van der Waals surface area contributed by atoms with Crippen LogP contribution in [0.25, 0.3) is 0 Å². The summed E-state index contributed by atoms with van der Waals surface area (Å²) >= 11 is 1.74. The maximum absolute atomic E-state index is 5.43. The minimum atomic E-state index is 0.643. The van der Waals surface area contributed by atoms with Crippen molar-refractivity contribution in [3.05, 3.63) is 16.1 Å². The Morgan fingerprint density at radius 1 is 1.26 bits per heavy atom. The molecule has 132 valence electrons. The largest absolute Gasteiger partial charge is 0.382 e. The number of aliphatic imine (C=N–C) groups is 1. The number of methoxy groups -OCH3 is 1. The molecule has 2 N–H and O–H groups in total. The Kier molecular flexibility index (Phi) is 11.5. The van der Waals surface area contributed by atoms with E-state index in [-0.39, 0.29) is 0 Å². The molecule has 1 heterocycles. The van der Waals surface area contributed by atoms with Gasteiger partial charge in [0, 0.05) is 45.2 Å². The quantitative estimate of drug-likeness (QED) is 0.345. The van der Waals surface area contributed by atoms with Crippen LogP contribution in [0.2, 0.25) is 0 Å². The molecule has 1 aromatic rings. The Balaban J connectivity index is 2.20. The Hall–Kier alpha value is -1.18. The number of aromatic nitrogens is 1. The van der Waals surface area contributed by atoms with Crippen LogP contribution < -0.4 is 10.6 Å². The van der Waals surface area contributed by atoms with E-state index in [4.69, 9.17) is 9.47 Å². The Bertz CT molecular complexity index is 437. The van der Waals surface area contributed by atoms with Crippen LogP contribution in [0.1, 0.15) is 31.0 Å². The molecule has 23 heavy (non-hydrogen) atoms. The monoisotopic (exact) mass is 342 g/mol. The van der Waals surface area contributed by atoms with Crippen molar-refractivity contribution in [2.45, 2.75) is 33.1 Å². The van der Waals surface area contributed by atoms with Gasteiger partial charge >= 0.3 is 0 Å². The van der Waals surface area contributed by atoms with Gasteiger partial charge in [0.05, 0.1) is 23.9 Å². The minimum Gasteiger partial charge on any atom is -0.382 e. The zero-order valence-corrected chi connectivity index (χ0v) is 15.4. The van der Waals surface area contributed by atoms with Crippen molar-refractivity contribution in [2.75, 3.05) is 46.6 Å². The van der Waals surface area contributed by atoms with Crippen LogP contribution in [0.15, 0.2) is 10.4 Å². The first kappa shape index (κ1) is 19.9. The molecule has 0 saturated heterocycles. The van der Waals surface area contributed by atoms with Gasteiger partial charge in [0.1, 0.15) is 0 Å². The molecule has 0 aliphatic heterocycles. The molecule has 0 atom stereocenters. The summed E-state index contributed by atoms with van der Waals surface area (Å²) in [5, 5.41) is 9.95. The molecule has 0 amide bonds. The minimum absolute atomic E-state index is 0.643. The Labute approximate surface area is 143 Å². The van der Waals surface area contributed by atoms with Crippen LogP contribution >= 0.6 is 11.3 Å². The van der Waals surface area contributed by atoms with Crippen molar-refractivity contribution < 1.29 is 9.47 Å². The van der Waals surface area contributed by atoms with E-state index in [2.05, 4.69) is 39.8 Å². The maximum atomic E-state index is 5.43. The summed E-state index contributed by atoms with van der Waals surface area (Å²) in [7, 11) is 1.68. The molecule has 0 unspecified atom stereocenters. The van der Waals surface area contributed by atoms with E-state index in [1.54, 1.807) is 18.4 Å². The lowest BCUT2D eigenvalue weighted by molar-refractivity contribution is 0.0702. The number of nitrogens with zero attached hydrogens (tertiary/aromatic N) is 2. The van der Waals surface area contributed by atoms with E-state index in [1.807, 2.05) is 0 Å². The number of rotatable bonds is 12. The van der Waals surface area contributed by atoms with Crippen LogP contribution in [-0.2, 0) is 22.3 Å². The van der Waals surface area contributed by atoms with E-state index in [0.29, 0.717) is 19.8 Å². The van der Waals surface area contributed by atoms with Gasteiger partial charge in [0.15, 0.2) is 5.96 Å². The third-order valence-corrected chi connectivity index (χ3v) is 4.11. The van der Waals surface area contributed by atoms with Crippen molar-refractivity contribution in [3.63, 3.8) is 0 Å². The highest BCUT2D eigenvalue weighted by molar-refractivity contribution is 7.09. The van der Waals surface area contributed by atoms with Crippen LogP contribution in [0.4, 0.5) is 0 Å². The van der Waals surface area contributed by atoms with Gasteiger partial charge < -0.3 is 20.1 Å². The molecule has 0 aromatic carbocycles. The summed E-state index contributed by atoms with van der Waals surface area (Å²) in [6, 6.07) is 0. The molecule has 0 spiro atoms. The Morgan fingerprint density at radius 3 is 2.83 bits per heavy atom. The molecule has 0 bridgehead atoms. The van der Waals surface area contributed by atoms with Crippen LogP contribution in [0.3, 0.4) is 0 Å². The second-order valence-electron chi connectivity index (χ2n) is 4.98. The van der Waals surface area contributed by atoms with Crippen LogP contribution in [0.5, 0.6) is 0 Å². The molecular formula is C16H30N4O2S. The lowest BCUT2D eigenvalue weighted by Crippen LogP contribution is -2.38. The van der Waals surface area contributed by atoms with E-state index < -0.39 is 0 Å². The number of hydrogen-bond donors (Lipinski definition) is 2. The number of ether oxygens (including phenoxy) is 2. The molecule has 6 nitrogen and oxygen atoms in total. The Morgan fingerprint density at radius 2 is 2.13 bits per heavy atom. The van der Waals surface area contributed by atoms with E-state index in [1.165, 1.54) is 5.01 Å². The summed E-state index contributed by atoms with van der Waals surface area (Å²) in [6.45, 7) is 8.64. The van der Waals surface area contributed by atoms with Gasteiger partial charge in [-0.15, -0.1) is 11.3 Å². The smallest absolute Gasteiger partial charge is 0.191 e.